The molecule has 0 bridgehead atoms. The van der Waals surface area contributed by atoms with Crippen LogP contribution in [0.25, 0.3) is 0 Å². The topological polar surface area (TPSA) is 93.7 Å². The molecule has 17 heavy (non-hydrogen) atoms. The Bertz CT molecular complexity index is 510. The number of nitrogen functional groups attached to an aromatic ring is 1. The molecule has 0 fully saturated rings. The summed E-state index contributed by atoms with van der Waals surface area (Å²) in [6, 6.07) is 1.93. The lowest BCUT2D eigenvalue weighted by Gasteiger charge is -2.07. The zero-order chi connectivity index (χ0) is 12.3. The minimum absolute atomic E-state index is 0.358. The fourth-order valence-corrected chi connectivity index (χ4v) is 1.62. The van der Waals surface area contributed by atoms with Crippen molar-refractivity contribution in [3.05, 3.63) is 28.6 Å². The van der Waals surface area contributed by atoms with E-state index in [0.29, 0.717) is 18.3 Å². The van der Waals surface area contributed by atoms with Crippen LogP contribution in [0.3, 0.4) is 0 Å². The number of anilines is 2. The van der Waals surface area contributed by atoms with E-state index in [1.54, 1.807) is 10.9 Å². The molecule has 0 aliphatic carbocycles. The second-order valence-electron chi connectivity index (χ2n) is 3.37. The van der Waals surface area contributed by atoms with Crippen molar-refractivity contribution in [1.82, 2.24) is 19.7 Å². The first-order chi connectivity index (χ1) is 8.19. The molecule has 2 rings (SSSR count). The van der Waals surface area contributed by atoms with Gasteiger partial charge in [-0.15, -0.1) is 0 Å². The molecule has 8 heteroatoms. The number of nitrogens with zero attached hydrogens (tertiary/aromatic N) is 4. The highest BCUT2D eigenvalue weighted by Crippen LogP contribution is 2.20. The number of hydrogen-bond donors (Lipinski definition) is 3. The number of aryl methyl sites for hydroxylation is 1. The Labute approximate surface area is 107 Å². The largest absolute Gasteiger partial charge is 0.363 e. The fraction of sp³-hybridized carbons (Fsp3) is 0.222. The number of hydrazine groups is 1. The Morgan fingerprint density at radius 2 is 2.35 bits per heavy atom. The summed E-state index contributed by atoms with van der Waals surface area (Å²) in [4.78, 5) is 8.14. The predicted octanol–water partition coefficient (Wildman–Crippen LogP) is 0.870. The highest BCUT2D eigenvalue weighted by Gasteiger charge is 2.04. The van der Waals surface area contributed by atoms with Crippen molar-refractivity contribution >= 4 is 27.7 Å². The second-order valence-corrected chi connectivity index (χ2v) is 4.22. The molecule has 7 nitrogen and oxygen atoms in total. The molecule has 0 unspecified atom stereocenters. The van der Waals surface area contributed by atoms with Crippen molar-refractivity contribution in [2.75, 3.05) is 10.7 Å². The number of aromatic nitrogens is 4. The van der Waals surface area contributed by atoms with Crippen LogP contribution < -0.4 is 16.6 Å². The molecule has 0 atom stereocenters. The maximum absolute atomic E-state index is 5.25. The first-order valence-corrected chi connectivity index (χ1v) is 5.70. The molecule has 0 amide bonds. The van der Waals surface area contributed by atoms with Crippen LogP contribution in [0, 0.1) is 0 Å². The first-order valence-electron chi connectivity index (χ1n) is 4.90. The first kappa shape index (κ1) is 11.8. The third-order valence-electron chi connectivity index (χ3n) is 2.08. The van der Waals surface area contributed by atoms with Gasteiger partial charge < -0.3 is 5.32 Å². The quantitative estimate of drug-likeness (QED) is 0.573. The summed E-state index contributed by atoms with van der Waals surface area (Å²) in [6.45, 7) is 0.584. The molecule has 2 aromatic rings. The van der Waals surface area contributed by atoms with Gasteiger partial charge in [0.25, 0.3) is 0 Å². The molecule has 90 valence electrons. The van der Waals surface area contributed by atoms with Crippen LogP contribution in [0.2, 0.25) is 0 Å². The molecule has 0 saturated carbocycles. The van der Waals surface area contributed by atoms with Crippen LogP contribution >= 0.6 is 15.9 Å². The van der Waals surface area contributed by atoms with E-state index in [2.05, 4.69) is 41.7 Å². The van der Waals surface area contributed by atoms with E-state index in [0.717, 1.165) is 10.2 Å². The zero-order valence-electron chi connectivity index (χ0n) is 9.18. The molecule has 0 aromatic carbocycles. The third kappa shape index (κ3) is 2.92. The van der Waals surface area contributed by atoms with E-state index >= 15 is 0 Å². The van der Waals surface area contributed by atoms with Crippen LogP contribution in [-0.4, -0.2) is 19.7 Å². The lowest BCUT2D eigenvalue weighted by molar-refractivity contribution is 0.747. The van der Waals surface area contributed by atoms with Gasteiger partial charge >= 0.3 is 0 Å². The number of rotatable bonds is 4. The van der Waals surface area contributed by atoms with Crippen LogP contribution in [0.1, 0.15) is 5.69 Å². The number of halogens is 1. The predicted molar refractivity (Wildman–Crippen MR) is 68.1 cm³/mol. The van der Waals surface area contributed by atoms with E-state index < -0.39 is 0 Å². The van der Waals surface area contributed by atoms with Gasteiger partial charge in [-0.1, -0.05) is 0 Å². The summed E-state index contributed by atoms with van der Waals surface area (Å²) in [5, 5.41) is 7.40. The van der Waals surface area contributed by atoms with Crippen molar-refractivity contribution < 1.29 is 0 Å². The fourth-order valence-electron chi connectivity index (χ4n) is 1.29. The summed E-state index contributed by atoms with van der Waals surface area (Å²) >= 11 is 3.36. The molecule has 0 radical (unpaired) electrons. The van der Waals surface area contributed by atoms with Gasteiger partial charge in [0, 0.05) is 19.4 Å². The SMILES string of the molecule is Cn1ccc(CNc2nc(NN)ncc2Br)n1. The molecule has 2 aromatic heterocycles. The van der Waals surface area contributed by atoms with E-state index in [9.17, 15) is 0 Å². The molecule has 0 spiro atoms. The maximum atomic E-state index is 5.25. The standard InChI is InChI=1S/C9H12BrN7/c1-17-3-2-6(16-17)4-12-8-7(10)5-13-9(14-8)15-11/h2-3,5H,4,11H2,1H3,(H2,12,13,14,15). The Kier molecular flexibility index (Phi) is 3.55. The van der Waals surface area contributed by atoms with E-state index in [1.165, 1.54) is 0 Å². The molecule has 0 aliphatic heterocycles. The minimum Gasteiger partial charge on any atom is -0.363 e. The molecule has 2 heterocycles. The molecule has 4 N–H and O–H groups in total. The highest BCUT2D eigenvalue weighted by atomic mass is 79.9. The Balaban J connectivity index is 2.07. The van der Waals surface area contributed by atoms with Gasteiger partial charge in [-0.3, -0.25) is 10.1 Å². The lowest BCUT2D eigenvalue weighted by atomic mass is 10.4. The lowest BCUT2D eigenvalue weighted by Crippen LogP contribution is -2.12. The summed E-state index contributed by atoms with van der Waals surface area (Å²) in [6.07, 6.45) is 3.52. The highest BCUT2D eigenvalue weighted by molar-refractivity contribution is 9.10. The van der Waals surface area contributed by atoms with Crippen LogP contribution in [0.5, 0.6) is 0 Å². The van der Waals surface area contributed by atoms with Crippen molar-refractivity contribution in [3.8, 4) is 0 Å². The summed E-state index contributed by atoms with van der Waals surface area (Å²) in [5.41, 5.74) is 3.32. The maximum Gasteiger partial charge on any atom is 0.239 e. The second kappa shape index (κ2) is 5.11. The van der Waals surface area contributed by atoms with Gasteiger partial charge in [0.05, 0.1) is 16.7 Å². The zero-order valence-corrected chi connectivity index (χ0v) is 10.8. The van der Waals surface area contributed by atoms with Crippen molar-refractivity contribution in [1.29, 1.82) is 0 Å². The number of nitrogens with one attached hydrogen (secondary N) is 2. The van der Waals surface area contributed by atoms with Gasteiger partial charge in [0.15, 0.2) is 0 Å². The Morgan fingerprint density at radius 1 is 1.53 bits per heavy atom. The number of hydrogen-bond acceptors (Lipinski definition) is 6. The van der Waals surface area contributed by atoms with Crippen molar-refractivity contribution in [3.63, 3.8) is 0 Å². The van der Waals surface area contributed by atoms with Crippen molar-refractivity contribution in [2.24, 2.45) is 12.9 Å². The smallest absolute Gasteiger partial charge is 0.239 e. The van der Waals surface area contributed by atoms with Crippen LogP contribution in [-0.2, 0) is 13.6 Å². The van der Waals surface area contributed by atoms with Gasteiger partial charge in [-0.25, -0.2) is 10.8 Å². The van der Waals surface area contributed by atoms with Crippen LogP contribution in [0.15, 0.2) is 22.9 Å². The molecular formula is C9H12BrN7. The Morgan fingerprint density at radius 3 is 3.00 bits per heavy atom. The minimum atomic E-state index is 0.358. The molecule has 0 aliphatic rings. The van der Waals surface area contributed by atoms with Gasteiger partial charge in [0.1, 0.15) is 5.82 Å². The monoisotopic (exact) mass is 297 g/mol. The summed E-state index contributed by atoms with van der Waals surface area (Å²) < 4.78 is 2.52. The van der Waals surface area contributed by atoms with Gasteiger partial charge in [-0.2, -0.15) is 10.1 Å². The Hall–Kier alpha value is -1.67. The molecular weight excluding hydrogens is 286 g/mol. The summed E-state index contributed by atoms with van der Waals surface area (Å²) in [7, 11) is 1.88. The van der Waals surface area contributed by atoms with Crippen LogP contribution in [0.4, 0.5) is 11.8 Å². The van der Waals surface area contributed by atoms with Gasteiger partial charge in [0.2, 0.25) is 5.95 Å². The molecule has 0 saturated heterocycles. The summed E-state index contributed by atoms with van der Waals surface area (Å²) in [5.74, 6) is 6.27. The van der Waals surface area contributed by atoms with Gasteiger partial charge in [-0.05, 0) is 22.0 Å². The average Bonchev–Trinajstić information content (AvgIpc) is 2.74. The van der Waals surface area contributed by atoms with Crippen molar-refractivity contribution in [2.45, 2.75) is 6.54 Å². The number of nitrogens with two attached hydrogens (primary N) is 1. The average molecular weight is 298 g/mol. The normalized spacial score (nSPS) is 10.3. The third-order valence-corrected chi connectivity index (χ3v) is 2.66. The van der Waals surface area contributed by atoms with E-state index in [1.807, 2.05) is 19.3 Å². The van der Waals surface area contributed by atoms with E-state index in [4.69, 9.17) is 5.84 Å². The van der Waals surface area contributed by atoms with E-state index in [-0.39, 0.29) is 0 Å².